The zero-order valence-corrected chi connectivity index (χ0v) is 19.5. The molecule has 0 saturated heterocycles. The third-order valence-electron chi connectivity index (χ3n) is 6.35. The lowest BCUT2D eigenvalue weighted by Crippen LogP contribution is -2.38. The number of hydrogen-bond donors (Lipinski definition) is 1. The minimum Gasteiger partial charge on any atom is -0.497 e. The van der Waals surface area contributed by atoms with Crippen molar-refractivity contribution in [2.75, 3.05) is 13.9 Å². The number of benzene rings is 2. The third-order valence-corrected chi connectivity index (χ3v) is 6.35. The highest BCUT2D eigenvalue weighted by molar-refractivity contribution is 5.95. The maximum Gasteiger partial charge on any atom is 0.273 e. The van der Waals surface area contributed by atoms with Crippen molar-refractivity contribution in [1.29, 1.82) is 0 Å². The van der Waals surface area contributed by atoms with Crippen LogP contribution in [0.4, 0.5) is 0 Å². The molecule has 2 amide bonds. The Hall–Kier alpha value is -4.01. The van der Waals surface area contributed by atoms with Gasteiger partial charge in [-0.2, -0.15) is 0 Å². The number of hydrogen-bond acceptors (Lipinski definition) is 7. The summed E-state index contributed by atoms with van der Waals surface area (Å²) < 4.78 is 21.4. The first-order valence-electron chi connectivity index (χ1n) is 11.7. The second-order valence-corrected chi connectivity index (χ2v) is 8.65. The molecule has 1 fully saturated rings. The Morgan fingerprint density at radius 1 is 1.09 bits per heavy atom. The number of rotatable bonds is 8. The predicted octanol–water partition coefficient (Wildman–Crippen LogP) is 3.93. The van der Waals surface area contributed by atoms with Crippen LogP contribution < -0.4 is 19.5 Å². The molecule has 5 rings (SSSR count). The molecule has 9 heteroatoms. The van der Waals surface area contributed by atoms with Gasteiger partial charge in [-0.3, -0.25) is 9.59 Å². The van der Waals surface area contributed by atoms with Gasteiger partial charge in [0.15, 0.2) is 23.0 Å². The van der Waals surface area contributed by atoms with E-state index in [-0.39, 0.29) is 36.9 Å². The van der Waals surface area contributed by atoms with Gasteiger partial charge < -0.3 is 29.0 Å². The number of methoxy groups -OCH3 is 1. The van der Waals surface area contributed by atoms with Gasteiger partial charge >= 0.3 is 0 Å². The summed E-state index contributed by atoms with van der Waals surface area (Å²) >= 11 is 0. The molecule has 182 valence electrons. The Bertz CT molecular complexity index is 1220. The molecular formula is C26H27N3O6. The largest absolute Gasteiger partial charge is 0.497 e. The third kappa shape index (κ3) is 5.08. The summed E-state index contributed by atoms with van der Waals surface area (Å²) in [7, 11) is 1.58. The normalized spacial score (nSPS) is 14.7. The number of carbonyl (C=O) groups excluding carboxylic acids is 2. The maximum atomic E-state index is 13.4. The van der Waals surface area contributed by atoms with Gasteiger partial charge in [0, 0.05) is 24.2 Å². The van der Waals surface area contributed by atoms with Crippen molar-refractivity contribution < 1.29 is 28.3 Å². The van der Waals surface area contributed by atoms with Crippen molar-refractivity contribution in [3.8, 4) is 17.2 Å². The van der Waals surface area contributed by atoms with E-state index in [0.29, 0.717) is 35.1 Å². The number of nitrogens with one attached hydrogen (secondary N) is 1. The summed E-state index contributed by atoms with van der Waals surface area (Å²) in [4.78, 5) is 27.9. The Balaban J connectivity index is 1.26. The van der Waals surface area contributed by atoms with Crippen molar-refractivity contribution in [1.82, 2.24) is 15.4 Å². The zero-order valence-electron chi connectivity index (χ0n) is 19.5. The number of nitrogens with zero attached hydrogens (tertiary/aromatic N) is 2. The van der Waals surface area contributed by atoms with E-state index in [1.54, 1.807) is 31.4 Å². The predicted molar refractivity (Wildman–Crippen MR) is 125 cm³/mol. The summed E-state index contributed by atoms with van der Waals surface area (Å²) in [5.74, 6) is 1.99. The topological polar surface area (TPSA) is 103 Å². The Morgan fingerprint density at radius 2 is 1.91 bits per heavy atom. The maximum absolute atomic E-state index is 13.4. The minimum atomic E-state index is -0.357. The summed E-state index contributed by atoms with van der Waals surface area (Å²) in [6.07, 6.45) is 4.03. The number of fused-ring (bicyclic) bond motifs is 1. The van der Waals surface area contributed by atoms with E-state index in [0.717, 1.165) is 31.2 Å². The number of aromatic nitrogens is 1. The van der Waals surface area contributed by atoms with Crippen molar-refractivity contribution in [3.05, 3.63) is 71.1 Å². The van der Waals surface area contributed by atoms with Crippen LogP contribution in [0, 0.1) is 0 Å². The van der Waals surface area contributed by atoms with Gasteiger partial charge in [0.1, 0.15) is 5.75 Å². The zero-order chi connectivity index (χ0) is 24.2. The molecule has 1 aromatic heterocycles. The van der Waals surface area contributed by atoms with Gasteiger partial charge in [0.05, 0.1) is 13.7 Å². The fourth-order valence-corrected chi connectivity index (χ4v) is 4.49. The summed E-state index contributed by atoms with van der Waals surface area (Å²) in [6.45, 7) is 0.744. The molecule has 2 aliphatic rings. The molecule has 1 aliphatic heterocycles. The van der Waals surface area contributed by atoms with Crippen LogP contribution in [0.3, 0.4) is 0 Å². The van der Waals surface area contributed by atoms with Crippen molar-refractivity contribution in [2.45, 2.75) is 44.8 Å². The number of carbonyl (C=O) groups is 2. The molecule has 3 aromatic rings. The van der Waals surface area contributed by atoms with Crippen LogP contribution in [-0.2, 0) is 13.1 Å². The van der Waals surface area contributed by atoms with E-state index in [4.69, 9.17) is 18.7 Å². The molecule has 1 saturated carbocycles. The van der Waals surface area contributed by atoms with Crippen molar-refractivity contribution in [2.24, 2.45) is 0 Å². The second kappa shape index (κ2) is 10.1. The highest BCUT2D eigenvalue weighted by atomic mass is 16.7. The van der Waals surface area contributed by atoms with Gasteiger partial charge in [-0.15, -0.1) is 0 Å². The van der Waals surface area contributed by atoms with E-state index >= 15 is 0 Å². The van der Waals surface area contributed by atoms with Crippen LogP contribution in [0.15, 0.2) is 53.1 Å². The van der Waals surface area contributed by atoms with Crippen LogP contribution in [0.1, 0.15) is 57.9 Å². The van der Waals surface area contributed by atoms with Crippen LogP contribution in [0.2, 0.25) is 0 Å². The van der Waals surface area contributed by atoms with Crippen LogP contribution in [0.5, 0.6) is 17.2 Å². The lowest BCUT2D eigenvalue weighted by Gasteiger charge is -2.28. The molecule has 0 radical (unpaired) electrons. The molecule has 2 heterocycles. The average Bonchev–Trinajstić information content (AvgIpc) is 3.67. The van der Waals surface area contributed by atoms with E-state index < -0.39 is 0 Å². The van der Waals surface area contributed by atoms with Gasteiger partial charge in [0.25, 0.3) is 11.8 Å². The van der Waals surface area contributed by atoms with Gasteiger partial charge in [-0.25, -0.2) is 0 Å². The van der Waals surface area contributed by atoms with Gasteiger partial charge in [-0.1, -0.05) is 30.1 Å². The van der Waals surface area contributed by atoms with Gasteiger partial charge in [0.2, 0.25) is 6.79 Å². The first-order chi connectivity index (χ1) is 17.1. The van der Waals surface area contributed by atoms with E-state index in [9.17, 15) is 9.59 Å². The summed E-state index contributed by atoms with van der Waals surface area (Å²) in [6, 6.07) is 14.3. The molecular weight excluding hydrogens is 450 g/mol. The average molecular weight is 478 g/mol. The number of ether oxygens (including phenoxy) is 3. The fraction of sp³-hybridized carbons (Fsp3) is 0.346. The molecule has 0 bridgehead atoms. The first kappa shape index (κ1) is 22.8. The van der Waals surface area contributed by atoms with E-state index in [1.165, 1.54) is 0 Å². The fourth-order valence-electron chi connectivity index (χ4n) is 4.49. The van der Waals surface area contributed by atoms with Gasteiger partial charge in [-0.05, 0) is 48.7 Å². The Kier molecular flexibility index (Phi) is 6.56. The smallest absolute Gasteiger partial charge is 0.273 e. The SMILES string of the molecule is COc1cccc(C(=O)N(Cc2cc(C(=O)NCc3ccc4c(c3)OCO4)no2)C2CCCC2)c1. The highest BCUT2D eigenvalue weighted by Gasteiger charge is 2.29. The monoisotopic (exact) mass is 477 g/mol. The Labute approximate surface area is 202 Å². The lowest BCUT2D eigenvalue weighted by molar-refractivity contribution is 0.0643. The molecule has 0 unspecified atom stereocenters. The van der Waals surface area contributed by atoms with E-state index in [2.05, 4.69) is 10.5 Å². The number of amides is 2. The molecule has 0 atom stereocenters. The lowest BCUT2D eigenvalue weighted by atomic mass is 10.1. The molecule has 9 nitrogen and oxygen atoms in total. The van der Waals surface area contributed by atoms with Crippen LogP contribution in [0.25, 0.3) is 0 Å². The Morgan fingerprint density at radius 3 is 2.74 bits per heavy atom. The van der Waals surface area contributed by atoms with Crippen molar-refractivity contribution in [3.63, 3.8) is 0 Å². The van der Waals surface area contributed by atoms with Crippen LogP contribution in [-0.4, -0.2) is 41.8 Å². The second-order valence-electron chi connectivity index (χ2n) is 8.65. The standard InChI is InChI=1S/C26H27N3O6/c1-32-20-8-4-5-18(12-20)26(31)29(19-6-2-3-7-19)15-21-13-22(28-35-21)25(30)27-14-17-9-10-23-24(11-17)34-16-33-23/h4-5,8-13,19H,2-3,6-7,14-16H2,1H3,(H,27,30). The minimum absolute atomic E-state index is 0.0963. The molecule has 0 spiro atoms. The molecule has 2 aromatic carbocycles. The van der Waals surface area contributed by atoms with Crippen LogP contribution >= 0.6 is 0 Å². The molecule has 1 aliphatic carbocycles. The molecule has 35 heavy (non-hydrogen) atoms. The highest BCUT2D eigenvalue weighted by Crippen LogP contribution is 2.32. The van der Waals surface area contributed by atoms with Crippen molar-refractivity contribution >= 4 is 11.8 Å². The molecule has 1 N–H and O–H groups in total. The van der Waals surface area contributed by atoms with E-state index in [1.807, 2.05) is 29.2 Å². The quantitative estimate of drug-likeness (QED) is 0.524. The first-order valence-corrected chi connectivity index (χ1v) is 11.7. The summed E-state index contributed by atoms with van der Waals surface area (Å²) in [5, 5.41) is 6.77. The summed E-state index contributed by atoms with van der Waals surface area (Å²) in [5.41, 5.74) is 1.60.